The molecular formula is C8H14N2O2. The van der Waals surface area contributed by atoms with Crippen LogP contribution in [0.4, 0.5) is 0 Å². The van der Waals surface area contributed by atoms with Crippen LogP contribution >= 0.6 is 0 Å². The van der Waals surface area contributed by atoms with Crippen LogP contribution in [0.5, 0.6) is 0 Å². The fraction of sp³-hybridized carbons (Fsp3) is 0.500. The molecule has 1 atom stereocenters. The predicted molar refractivity (Wildman–Crippen MR) is 45.4 cm³/mol. The van der Waals surface area contributed by atoms with Crippen LogP contribution < -0.4 is 11.3 Å². The Kier molecular flexibility index (Phi) is 3.28. The Labute approximate surface area is 71.7 Å². The molecule has 0 fully saturated rings. The number of hydrazine groups is 1. The van der Waals surface area contributed by atoms with Crippen molar-refractivity contribution in [2.45, 2.75) is 13.0 Å². The lowest BCUT2D eigenvalue weighted by atomic mass is 10.2. The molecule has 0 saturated carbocycles. The summed E-state index contributed by atoms with van der Waals surface area (Å²) in [7, 11) is 1.63. The highest BCUT2D eigenvalue weighted by Gasteiger charge is 2.12. The second kappa shape index (κ2) is 4.25. The zero-order valence-corrected chi connectivity index (χ0v) is 7.33. The molecule has 0 bridgehead atoms. The van der Waals surface area contributed by atoms with Gasteiger partial charge in [0.05, 0.1) is 6.61 Å². The van der Waals surface area contributed by atoms with Crippen molar-refractivity contribution in [2.24, 2.45) is 5.84 Å². The van der Waals surface area contributed by atoms with Gasteiger partial charge in [0.2, 0.25) is 0 Å². The van der Waals surface area contributed by atoms with E-state index < -0.39 is 0 Å². The van der Waals surface area contributed by atoms with E-state index in [1.54, 1.807) is 7.11 Å². The van der Waals surface area contributed by atoms with E-state index >= 15 is 0 Å². The molecule has 1 heterocycles. The molecule has 0 aliphatic rings. The summed E-state index contributed by atoms with van der Waals surface area (Å²) in [6.07, 6.45) is 0. The average Bonchev–Trinajstić information content (AvgIpc) is 2.47. The number of nitrogens with one attached hydrogen (secondary N) is 1. The van der Waals surface area contributed by atoms with Gasteiger partial charge in [0.15, 0.2) is 0 Å². The molecule has 3 N–H and O–H groups in total. The zero-order valence-electron chi connectivity index (χ0n) is 7.33. The van der Waals surface area contributed by atoms with Crippen LogP contribution in [0.2, 0.25) is 0 Å². The summed E-state index contributed by atoms with van der Waals surface area (Å²) in [6.45, 7) is 2.40. The van der Waals surface area contributed by atoms with Crippen molar-refractivity contribution in [3.63, 3.8) is 0 Å². The quantitative estimate of drug-likeness (QED) is 0.517. The van der Waals surface area contributed by atoms with Gasteiger partial charge in [-0.1, -0.05) is 0 Å². The van der Waals surface area contributed by atoms with Gasteiger partial charge in [0.1, 0.15) is 17.6 Å². The monoisotopic (exact) mass is 170 g/mol. The van der Waals surface area contributed by atoms with Crippen LogP contribution in [0.25, 0.3) is 0 Å². The molecule has 4 nitrogen and oxygen atoms in total. The van der Waals surface area contributed by atoms with E-state index in [4.69, 9.17) is 15.0 Å². The number of furan rings is 1. The van der Waals surface area contributed by atoms with Gasteiger partial charge >= 0.3 is 0 Å². The van der Waals surface area contributed by atoms with Gasteiger partial charge in [-0.3, -0.25) is 5.84 Å². The maximum atomic E-state index is 5.37. The van der Waals surface area contributed by atoms with Crippen molar-refractivity contribution < 1.29 is 9.15 Å². The molecule has 4 heteroatoms. The predicted octanol–water partition coefficient (Wildman–Crippen LogP) is 0.739. The number of rotatable bonds is 4. The number of ether oxygens (including phenoxy) is 1. The molecule has 1 rings (SSSR count). The normalized spacial score (nSPS) is 13.2. The minimum atomic E-state index is -0.0660. The molecule has 0 aliphatic carbocycles. The highest BCUT2D eigenvalue weighted by atomic mass is 16.5. The van der Waals surface area contributed by atoms with Crippen LogP contribution in [-0.4, -0.2) is 13.7 Å². The summed E-state index contributed by atoms with van der Waals surface area (Å²) in [5.74, 6) is 6.99. The van der Waals surface area contributed by atoms with Crippen molar-refractivity contribution in [2.75, 3.05) is 13.7 Å². The summed E-state index contributed by atoms with van der Waals surface area (Å²) in [5, 5.41) is 0. The van der Waals surface area contributed by atoms with E-state index in [1.165, 1.54) is 0 Å². The minimum absolute atomic E-state index is 0.0660. The molecule has 0 spiro atoms. The van der Waals surface area contributed by atoms with E-state index in [2.05, 4.69) is 5.43 Å². The number of nitrogens with two attached hydrogens (primary N) is 1. The van der Waals surface area contributed by atoms with Crippen molar-refractivity contribution >= 4 is 0 Å². The number of methoxy groups -OCH3 is 1. The summed E-state index contributed by atoms with van der Waals surface area (Å²) in [6, 6.07) is 3.72. The van der Waals surface area contributed by atoms with Crippen LogP contribution in [0.15, 0.2) is 16.5 Å². The van der Waals surface area contributed by atoms with E-state index in [9.17, 15) is 0 Å². The van der Waals surface area contributed by atoms with Gasteiger partial charge in [-0.2, -0.15) is 0 Å². The SMILES string of the molecule is COCC(NN)c1ccc(C)o1. The van der Waals surface area contributed by atoms with E-state index in [0.717, 1.165) is 11.5 Å². The first-order valence-corrected chi connectivity index (χ1v) is 3.79. The third-order valence-corrected chi connectivity index (χ3v) is 1.64. The third kappa shape index (κ3) is 2.07. The van der Waals surface area contributed by atoms with Gasteiger partial charge in [0, 0.05) is 7.11 Å². The fourth-order valence-corrected chi connectivity index (χ4v) is 1.02. The third-order valence-electron chi connectivity index (χ3n) is 1.64. The smallest absolute Gasteiger partial charge is 0.124 e. The molecule has 1 unspecified atom stereocenters. The Hall–Kier alpha value is -0.840. The number of hydrogen-bond donors (Lipinski definition) is 2. The Morgan fingerprint density at radius 1 is 1.67 bits per heavy atom. The fourth-order valence-electron chi connectivity index (χ4n) is 1.02. The second-order valence-corrected chi connectivity index (χ2v) is 2.62. The lowest BCUT2D eigenvalue weighted by Gasteiger charge is -2.11. The second-order valence-electron chi connectivity index (χ2n) is 2.62. The molecule has 68 valence electrons. The van der Waals surface area contributed by atoms with E-state index in [-0.39, 0.29) is 6.04 Å². The molecule has 0 aromatic carbocycles. The number of hydrogen-bond acceptors (Lipinski definition) is 4. The van der Waals surface area contributed by atoms with E-state index in [1.807, 2.05) is 19.1 Å². The molecule has 0 radical (unpaired) electrons. The molecule has 1 aromatic heterocycles. The maximum Gasteiger partial charge on any atom is 0.124 e. The summed E-state index contributed by atoms with van der Waals surface area (Å²) in [4.78, 5) is 0. The van der Waals surface area contributed by atoms with Gasteiger partial charge < -0.3 is 9.15 Å². The van der Waals surface area contributed by atoms with Crippen molar-refractivity contribution in [1.29, 1.82) is 0 Å². The largest absolute Gasteiger partial charge is 0.465 e. The lowest BCUT2D eigenvalue weighted by Crippen LogP contribution is -2.30. The minimum Gasteiger partial charge on any atom is -0.465 e. The van der Waals surface area contributed by atoms with Gasteiger partial charge in [0.25, 0.3) is 0 Å². The van der Waals surface area contributed by atoms with Crippen molar-refractivity contribution in [3.8, 4) is 0 Å². The lowest BCUT2D eigenvalue weighted by molar-refractivity contribution is 0.157. The van der Waals surface area contributed by atoms with E-state index in [0.29, 0.717) is 6.61 Å². The van der Waals surface area contributed by atoms with Gasteiger partial charge in [-0.15, -0.1) is 0 Å². The number of aryl methyl sites for hydroxylation is 1. The van der Waals surface area contributed by atoms with Crippen LogP contribution in [0, 0.1) is 6.92 Å². The van der Waals surface area contributed by atoms with Gasteiger partial charge in [-0.25, -0.2) is 5.43 Å². The Balaban J connectivity index is 2.66. The molecule has 0 amide bonds. The average molecular weight is 170 g/mol. The first kappa shape index (κ1) is 9.25. The van der Waals surface area contributed by atoms with Gasteiger partial charge in [-0.05, 0) is 19.1 Å². The molecular weight excluding hydrogens is 156 g/mol. The van der Waals surface area contributed by atoms with Crippen LogP contribution in [-0.2, 0) is 4.74 Å². The van der Waals surface area contributed by atoms with Crippen molar-refractivity contribution in [3.05, 3.63) is 23.7 Å². The summed E-state index contributed by atoms with van der Waals surface area (Å²) in [5.41, 5.74) is 2.61. The summed E-state index contributed by atoms with van der Waals surface area (Å²) < 4.78 is 10.3. The molecule has 0 aliphatic heterocycles. The highest BCUT2D eigenvalue weighted by Crippen LogP contribution is 2.15. The first-order valence-electron chi connectivity index (χ1n) is 3.79. The highest BCUT2D eigenvalue weighted by molar-refractivity contribution is 5.09. The Bertz CT molecular complexity index is 235. The van der Waals surface area contributed by atoms with Crippen LogP contribution in [0.3, 0.4) is 0 Å². The van der Waals surface area contributed by atoms with Crippen molar-refractivity contribution in [1.82, 2.24) is 5.43 Å². The molecule has 1 aromatic rings. The maximum absolute atomic E-state index is 5.37. The van der Waals surface area contributed by atoms with Crippen LogP contribution in [0.1, 0.15) is 17.6 Å². The summed E-state index contributed by atoms with van der Waals surface area (Å²) >= 11 is 0. The standard InChI is InChI=1S/C8H14N2O2/c1-6-3-4-8(12-6)7(10-9)5-11-2/h3-4,7,10H,5,9H2,1-2H3. The topological polar surface area (TPSA) is 60.4 Å². The Morgan fingerprint density at radius 3 is 2.83 bits per heavy atom. The zero-order chi connectivity index (χ0) is 8.97. The molecule has 0 saturated heterocycles. The Morgan fingerprint density at radius 2 is 2.42 bits per heavy atom. The molecule has 12 heavy (non-hydrogen) atoms. The first-order chi connectivity index (χ1) is 5.77.